The van der Waals surface area contributed by atoms with E-state index < -0.39 is 0 Å². The Morgan fingerprint density at radius 3 is 1.32 bits per heavy atom. The van der Waals surface area contributed by atoms with E-state index >= 15 is 0 Å². The van der Waals surface area contributed by atoms with Crippen molar-refractivity contribution >= 4 is 23.8 Å². The van der Waals surface area contributed by atoms with Crippen LogP contribution < -0.4 is 10.2 Å². The first-order valence-electron chi connectivity index (χ1n) is 7.43. The molecule has 122 valence electrons. The van der Waals surface area contributed by atoms with Crippen LogP contribution in [0.1, 0.15) is 11.1 Å². The van der Waals surface area contributed by atoms with E-state index in [1.54, 1.807) is 48.5 Å². The molecule has 3 aromatic rings. The van der Waals surface area contributed by atoms with Crippen LogP contribution in [0, 0.1) is 0 Å². The number of para-hydroxylation sites is 4. The molecule has 0 saturated carbocycles. The van der Waals surface area contributed by atoms with Crippen molar-refractivity contribution in [3.8, 4) is 11.5 Å². The Labute approximate surface area is 156 Å². The first kappa shape index (κ1) is 18.5. The van der Waals surface area contributed by atoms with Crippen LogP contribution in [0.2, 0.25) is 0 Å². The molecule has 0 unspecified atom stereocenters. The average Bonchev–Trinajstić information content (AvgIpc) is 2.61. The summed E-state index contributed by atoms with van der Waals surface area (Å²) in [7, 11) is 0. The fourth-order valence-corrected chi connectivity index (χ4v) is 2.14. The third-order valence-electron chi connectivity index (χ3n) is 3.41. The molecule has 0 bridgehead atoms. The largest absolute Gasteiger partial charge is 4.00 e. The van der Waals surface area contributed by atoms with E-state index in [0.717, 1.165) is 0 Å². The van der Waals surface area contributed by atoms with Crippen molar-refractivity contribution in [3.63, 3.8) is 0 Å². The van der Waals surface area contributed by atoms with Crippen LogP contribution in [0.5, 0.6) is 11.5 Å². The van der Waals surface area contributed by atoms with Crippen LogP contribution in [0.4, 0.5) is 11.4 Å². The van der Waals surface area contributed by atoms with E-state index in [0.29, 0.717) is 22.5 Å². The molecule has 5 heteroatoms. The molecule has 0 radical (unpaired) electrons. The molecule has 0 aromatic heterocycles. The molecule has 0 fully saturated rings. The zero-order valence-corrected chi connectivity index (χ0v) is 14.3. The minimum absolute atomic E-state index is 0. The van der Waals surface area contributed by atoms with Gasteiger partial charge in [0.15, 0.2) is 0 Å². The van der Waals surface area contributed by atoms with Gasteiger partial charge in [-0.05, 0) is 23.3 Å². The number of nitrogens with zero attached hydrogens (tertiary/aromatic N) is 2. The summed E-state index contributed by atoms with van der Waals surface area (Å²) in [5.74, 6) is -0.162. The van der Waals surface area contributed by atoms with Gasteiger partial charge in [0.1, 0.15) is 0 Å². The maximum absolute atomic E-state index is 11.7. The molecule has 25 heavy (non-hydrogen) atoms. The van der Waals surface area contributed by atoms with Crippen LogP contribution in [0.3, 0.4) is 0 Å². The zero-order chi connectivity index (χ0) is 16.8. The predicted molar refractivity (Wildman–Crippen MR) is 92.7 cm³/mol. The normalized spacial score (nSPS) is 10.9. The van der Waals surface area contributed by atoms with Gasteiger partial charge in [0, 0.05) is 12.4 Å². The number of aliphatic imine (C=N–C) groups is 2. The second-order valence-corrected chi connectivity index (χ2v) is 5.08. The minimum Gasteiger partial charge on any atom is -0.872 e. The third-order valence-corrected chi connectivity index (χ3v) is 3.41. The Bertz CT molecular complexity index is 833. The SMILES string of the molecule is [Fe+4].[O-]c1ccccc1C=Nc1ccccc1N=Cc1ccccc1[O-]. The van der Waals surface area contributed by atoms with Gasteiger partial charge in [0.25, 0.3) is 0 Å². The molecule has 3 rings (SSSR count). The molecular weight excluding hydrogens is 356 g/mol. The minimum atomic E-state index is -0.0810. The van der Waals surface area contributed by atoms with Gasteiger partial charge >= 0.3 is 17.1 Å². The molecular formula is C20H14FeN2O2+2. The van der Waals surface area contributed by atoms with E-state index in [4.69, 9.17) is 0 Å². The molecule has 0 aliphatic rings. The summed E-state index contributed by atoms with van der Waals surface area (Å²) in [6.07, 6.45) is 3.05. The number of hydrogen-bond acceptors (Lipinski definition) is 4. The van der Waals surface area contributed by atoms with Gasteiger partial charge in [-0.25, -0.2) is 0 Å². The Morgan fingerprint density at radius 2 is 0.920 bits per heavy atom. The Balaban J connectivity index is 0.00000225. The van der Waals surface area contributed by atoms with Crippen LogP contribution in [-0.4, -0.2) is 12.4 Å². The molecule has 0 spiro atoms. The monoisotopic (exact) mass is 370 g/mol. The van der Waals surface area contributed by atoms with Gasteiger partial charge in [-0.3, -0.25) is 9.98 Å². The number of benzene rings is 3. The van der Waals surface area contributed by atoms with E-state index in [2.05, 4.69) is 9.98 Å². The number of hydrogen-bond donors (Lipinski definition) is 0. The van der Waals surface area contributed by atoms with Crippen LogP contribution in [0.15, 0.2) is 82.8 Å². The Kier molecular flexibility index (Phi) is 6.52. The molecule has 0 aliphatic heterocycles. The summed E-state index contributed by atoms with van der Waals surface area (Å²) in [6.45, 7) is 0. The Hall–Kier alpha value is -2.88. The van der Waals surface area contributed by atoms with Crippen molar-refractivity contribution in [3.05, 3.63) is 83.9 Å². The molecule has 0 amide bonds. The molecule has 0 heterocycles. The van der Waals surface area contributed by atoms with E-state index in [-0.39, 0.29) is 28.6 Å². The van der Waals surface area contributed by atoms with Crippen molar-refractivity contribution in [1.82, 2.24) is 0 Å². The summed E-state index contributed by atoms with van der Waals surface area (Å²) in [5.41, 5.74) is 2.28. The van der Waals surface area contributed by atoms with Crippen LogP contribution >= 0.6 is 0 Å². The summed E-state index contributed by atoms with van der Waals surface area (Å²) in [4.78, 5) is 8.71. The Morgan fingerprint density at radius 1 is 0.560 bits per heavy atom. The van der Waals surface area contributed by atoms with Crippen LogP contribution in [0.25, 0.3) is 0 Å². The quantitative estimate of drug-likeness (QED) is 0.522. The van der Waals surface area contributed by atoms with Crippen molar-refractivity contribution in [1.29, 1.82) is 0 Å². The smallest absolute Gasteiger partial charge is 0.872 e. The fourth-order valence-electron chi connectivity index (χ4n) is 2.14. The molecule has 0 atom stereocenters. The first-order valence-corrected chi connectivity index (χ1v) is 7.43. The van der Waals surface area contributed by atoms with Gasteiger partial charge < -0.3 is 10.2 Å². The maximum atomic E-state index is 11.7. The first-order chi connectivity index (χ1) is 11.7. The number of rotatable bonds is 4. The maximum Gasteiger partial charge on any atom is 4.00 e. The van der Waals surface area contributed by atoms with Crippen molar-refractivity contribution in [2.45, 2.75) is 0 Å². The molecule has 0 aliphatic carbocycles. The summed E-state index contributed by atoms with van der Waals surface area (Å²) >= 11 is 0. The van der Waals surface area contributed by atoms with E-state index in [1.165, 1.54) is 24.6 Å². The van der Waals surface area contributed by atoms with Gasteiger partial charge in [-0.2, -0.15) is 0 Å². The van der Waals surface area contributed by atoms with E-state index in [9.17, 15) is 10.2 Å². The standard InChI is InChI=1S/C20H16N2O2.Fe/c23-19-11-5-1-7-15(19)13-21-17-9-3-4-10-18(17)22-14-16-8-2-6-12-20(16)24;/h1-14,23-24H;/q;+4/p-2. The zero-order valence-electron chi connectivity index (χ0n) is 13.1. The van der Waals surface area contributed by atoms with Crippen LogP contribution in [-0.2, 0) is 17.1 Å². The van der Waals surface area contributed by atoms with Gasteiger partial charge in [0.05, 0.1) is 11.4 Å². The molecule has 4 nitrogen and oxygen atoms in total. The van der Waals surface area contributed by atoms with Gasteiger partial charge in [0.2, 0.25) is 0 Å². The predicted octanol–water partition coefficient (Wildman–Crippen LogP) is 3.33. The molecule has 0 N–H and O–H groups in total. The summed E-state index contributed by atoms with van der Waals surface area (Å²) in [6, 6.07) is 20.7. The van der Waals surface area contributed by atoms with Crippen molar-refractivity contribution in [2.75, 3.05) is 0 Å². The second-order valence-electron chi connectivity index (χ2n) is 5.08. The fraction of sp³-hybridized carbons (Fsp3) is 0. The average molecular weight is 370 g/mol. The second kappa shape index (κ2) is 8.83. The van der Waals surface area contributed by atoms with E-state index in [1.807, 2.05) is 12.1 Å². The van der Waals surface area contributed by atoms with Gasteiger partial charge in [-0.1, -0.05) is 60.7 Å². The molecule has 0 saturated heterocycles. The van der Waals surface area contributed by atoms with Gasteiger partial charge in [-0.15, -0.1) is 11.5 Å². The third kappa shape index (κ3) is 4.80. The summed E-state index contributed by atoms with van der Waals surface area (Å²) < 4.78 is 0. The molecule has 3 aromatic carbocycles. The van der Waals surface area contributed by atoms with Crippen molar-refractivity contribution < 1.29 is 27.3 Å². The topological polar surface area (TPSA) is 70.8 Å². The van der Waals surface area contributed by atoms with Crippen molar-refractivity contribution in [2.24, 2.45) is 9.98 Å². The summed E-state index contributed by atoms with van der Waals surface area (Å²) in [5, 5.41) is 23.4.